The Hall–Kier alpha value is -4.76. The van der Waals surface area contributed by atoms with Crippen molar-refractivity contribution in [2.45, 2.75) is 94.4 Å². The first-order valence-corrected chi connectivity index (χ1v) is 19.1. The zero-order valence-corrected chi connectivity index (χ0v) is 32.5. The predicted octanol–water partition coefficient (Wildman–Crippen LogP) is 3.25. The molecule has 1 saturated heterocycles. The Bertz CT molecular complexity index is 2060. The summed E-state index contributed by atoms with van der Waals surface area (Å²) in [5.41, 5.74) is -6.39. The van der Waals surface area contributed by atoms with Crippen LogP contribution >= 0.6 is 0 Å². The highest BCUT2D eigenvalue weighted by molar-refractivity contribution is 5.95. The molecule has 0 radical (unpaired) electrons. The average Bonchev–Trinajstić information content (AvgIpc) is 3.20. The molecule has 11 atom stereocenters. The van der Waals surface area contributed by atoms with E-state index in [1.165, 1.54) is 26.2 Å². The van der Waals surface area contributed by atoms with Crippen molar-refractivity contribution in [2.24, 2.45) is 16.7 Å². The molecule has 3 aliphatic carbocycles. The van der Waals surface area contributed by atoms with E-state index < -0.39 is 101 Å². The molecule has 4 aliphatic rings. The number of carbonyl (C=O) groups excluding carboxylic acids is 4. The number of ether oxygens (including phenoxy) is 4. The number of esters is 2. The van der Waals surface area contributed by atoms with Crippen LogP contribution in [0.1, 0.15) is 72.9 Å². The first-order valence-electron chi connectivity index (χ1n) is 19.1. The highest BCUT2D eigenvalue weighted by Gasteiger charge is 2.76. The molecule has 1 amide bonds. The minimum Gasteiger partial charge on any atom is -0.456 e. The van der Waals surface area contributed by atoms with Gasteiger partial charge in [0.25, 0.3) is 5.91 Å². The molecule has 7 rings (SSSR count). The maximum atomic E-state index is 14.8. The highest BCUT2D eigenvalue weighted by atomic mass is 16.6. The Morgan fingerprint density at radius 2 is 1.44 bits per heavy atom. The summed E-state index contributed by atoms with van der Waals surface area (Å²) in [6, 6.07) is 24.1. The number of hydrogen-bond donors (Lipinski definition) is 5. The second-order valence-electron chi connectivity index (χ2n) is 16.4. The van der Waals surface area contributed by atoms with Crippen LogP contribution in [0.4, 0.5) is 0 Å². The number of fused-ring (bicyclic) bond motifs is 5. The molecule has 5 N–H and O–H groups in total. The maximum Gasteiger partial charge on any atom is 0.338 e. The van der Waals surface area contributed by atoms with Gasteiger partial charge >= 0.3 is 11.9 Å². The monoisotopic (exact) mass is 783 g/mol. The van der Waals surface area contributed by atoms with Gasteiger partial charge in [-0.3, -0.25) is 9.59 Å². The Morgan fingerprint density at radius 3 is 2.00 bits per heavy atom. The van der Waals surface area contributed by atoms with E-state index in [2.05, 4.69) is 5.32 Å². The fraction of sp³-hybridized carbons (Fsp3) is 0.455. The SMILES string of the molecule is COC(C(=O)OC1CC2(O)C(OC(=O)c3ccccc3)C3C4(O)COC4CC(O)C3(C)C(=O)C(O)C(=C1C)C2(C)C)C(NC(=O)c1ccccc1)c1ccccc1. The zero-order valence-electron chi connectivity index (χ0n) is 32.5. The molecule has 1 aliphatic heterocycles. The summed E-state index contributed by atoms with van der Waals surface area (Å²) in [6.07, 6.45) is -9.47. The predicted molar refractivity (Wildman–Crippen MR) is 203 cm³/mol. The van der Waals surface area contributed by atoms with Gasteiger partial charge in [0, 0.05) is 36.8 Å². The maximum absolute atomic E-state index is 14.8. The molecule has 2 bridgehead atoms. The summed E-state index contributed by atoms with van der Waals surface area (Å²) in [5.74, 6) is -4.65. The van der Waals surface area contributed by atoms with Crippen molar-refractivity contribution in [1.82, 2.24) is 5.32 Å². The molecule has 3 aromatic rings. The molecule has 2 saturated carbocycles. The number of Topliss-reactive ketones (excluding diaryl/α,β-unsaturated/α-hetero) is 1. The van der Waals surface area contributed by atoms with Crippen LogP contribution in [0, 0.1) is 16.7 Å². The number of ketones is 1. The van der Waals surface area contributed by atoms with Crippen molar-refractivity contribution >= 4 is 23.6 Å². The van der Waals surface area contributed by atoms with Gasteiger partial charge in [0.05, 0.1) is 35.8 Å². The topological polar surface area (TPSA) is 198 Å². The molecule has 302 valence electrons. The number of aliphatic hydroxyl groups is 4. The highest BCUT2D eigenvalue weighted by Crippen LogP contribution is 2.63. The largest absolute Gasteiger partial charge is 0.456 e. The van der Waals surface area contributed by atoms with Crippen LogP contribution in [0.3, 0.4) is 0 Å². The molecule has 3 aromatic carbocycles. The van der Waals surface area contributed by atoms with Gasteiger partial charge in [-0.1, -0.05) is 80.6 Å². The molecule has 57 heavy (non-hydrogen) atoms. The van der Waals surface area contributed by atoms with Crippen molar-refractivity contribution in [3.63, 3.8) is 0 Å². The summed E-state index contributed by atoms with van der Waals surface area (Å²) in [7, 11) is 1.29. The van der Waals surface area contributed by atoms with Crippen LogP contribution in [0.15, 0.2) is 102 Å². The van der Waals surface area contributed by atoms with Crippen molar-refractivity contribution in [3.8, 4) is 0 Å². The van der Waals surface area contributed by atoms with E-state index in [9.17, 15) is 39.6 Å². The Morgan fingerprint density at radius 1 is 0.860 bits per heavy atom. The lowest BCUT2D eigenvalue weighted by Crippen LogP contribution is -2.81. The molecule has 0 aromatic heterocycles. The van der Waals surface area contributed by atoms with Crippen LogP contribution in [0.25, 0.3) is 0 Å². The Balaban J connectivity index is 1.33. The normalized spacial score (nSPS) is 33.9. The summed E-state index contributed by atoms with van der Waals surface area (Å²) in [4.78, 5) is 56.7. The third-order valence-electron chi connectivity index (χ3n) is 13.1. The summed E-state index contributed by atoms with van der Waals surface area (Å²) >= 11 is 0. The lowest BCUT2D eigenvalue weighted by Gasteiger charge is -2.66. The molecule has 13 heteroatoms. The smallest absolute Gasteiger partial charge is 0.338 e. The van der Waals surface area contributed by atoms with Crippen LogP contribution < -0.4 is 5.32 Å². The molecular formula is C44H49NO12. The van der Waals surface area contributed by atoms with Gasteiger partial charge in [0.15, 0.2) is 11.9 Å². The first-order chi connectivity index (χ1) is 27.0. The van der Waals surface area contributed by atoms with Crippen molar-refractivity contribution in [1.29, 1.82) is 0 Å². The summed E-state index contributed by atoms with van der Waals surface area (Å²) in [5, 5.41) is 52.4. The number of rotatable bonds is 9. The van der Waals surface area contributed by atoms with Gasteiger partial charge in [0.1, 0.15) is 29.5 Å². The lowest BCUT2D eigenvalue weighted by atomic mass is 9.44. The van der Waals surface area contributed by atoms with E-state index in [4.69, 9.17) is 18.9 Å². The van der Waals surface area contributed by atoms with Crippen LogP contribution in [-0.2, 0) is 28.5 Å². The van der Waals surface area contributed by atoms with Gasteiger partial charge in [-0.2, -0.15) is 0 Å². The second-order valence-corrected chi connectivity index (χ2v) is 16.4. The fourth-order valence-corrected chi connectivity index (χ4v) is 9.76. The van der Waals surface area contributed by atoms with Crippen LogP contribution in [0.2, 0.25) is 0 Å². The number of carbonyl (C=O) groups is 4. The number of hydrogen-bond acceptors (Lipinski definition) is 12. The Labute approximate surface area is 330 Å². The minimum atomic E-state index is -2.26. The quantitative estimate of drug-likeness (QED) is 0.157. The van der Waals surface area contributed by atoms with E-state index in [-0.39, 0.29) is 29.7 Å². The average molecular weight is 784 g/mol. The number of nitrogens with one attached hydrogen (secondary N) is 1. The number of amides is 1. The van der Waals surface area contributed by atoms with Gasteiger partial charge < -0.3 is 44.7 Å². The van der Waals surface area contributed by atoms with E-state index in [1.54, 1.807) is 99.6 Å². The fourth-order valence-electron chi connectivity index (χ4n) is 9.76. The molecule has 3 fully saturated rings. The molecule has 0 spiro atoms. The summed E-state index contributed by atoms with van der Waals surface area (Å²) in [6.45, 7) is 5.87. The van der Waals surface area contributed by atoms with Gasteiger partial charge in [-0.25, -0.2) is 9.59 Å². The lowest BCUT2D eigenvalue weighted by molar-refractivity contribution is -0.343. The van der Waals surface area contributed by atoms with Crippen LogP contribution in [0.5, 0.6) is 0 Å². The number of benzene rings is 3. The molecule has 13 nitrogen and oxygen atoms in total. The van der Waals surface area contributed by atoms with Gasteiger partial charge in [-0.05, 0) is 54.8 Å². The van der Waals surface area contributed by atoms with Crippen molar-refractivity contribution in [2.75, 3.05) is 13.7 Å². The van der Waals surface area contributed by atoms with E-state index in [0.717, 1.165) is 0 Å². The molecule has 1 heterocycles. The van der Waals surface area contributed by atoms with Crippen molar-refractivity contribution in [3.05, 3.63) is 119 Å². The molecule has 11 unspecified atom stereocenters. The van der Waals surface area contributed by atoms with E-state index in [1.807, 2.05) is 0 Å². The van der Waals surface area contributed by atoms with Gasteiger partial charge in [0.2, 0.25) is 0 Å². The second kappa shape index (κ2) is 14.9. The zero-order chi connectivity index (χ0) is 41.1. The summed E-state index contributed by atoms with van der Waals surface area (Å²) < 4.78 is 23.9. The third kappa shape index (κ3) is 6.41. The van der Waals surface area contributed by atoms with E-state index in [0.29, 0.717) is 11.1 Å². The van der Waals surface area contributed by atoms with Gasteiger partial charge in [-0.15, -0.1) is 0 Å². The third-order valence-corrected chi connectivity index (χ3v) is 13.1. The number of aliphatic hydroxyl groups excluding tert-OH is 2. The van der Waals surface area contributed by atoms with E-state index >= 15 is 0 Å². The van der Waals surface area contributed by atoms with Crippen molar-refractivity contribution < 1.29 is 58.6 Å². The molecular weight excluding hydrogens is 734 g/mol. The standard InChI is InChI=1S/C44H49NO12/c1-24-28(56-40(51)34(54-5)32(25-15-9-6-10-16-25)45-38(49)26-17-11-7-12-18-26)22-44(53)37(57-39(50)27-19-13-8-14-20-27)35-42(4,29(46)21-30-43(35,52)23-55-30)36(48)33(47)31(24)41(44,2)3/h6-20,28-30,32-35,37,46-47,52-53H,21-23H2,1-5H3,(H,45,49). The number of methoxy groups -OCH3 is 1. The van der Waals surface area contributed by atoms with Crippen LogP contribution in [-0.4, -0.2) is 106 Å². The minimum absolute atomic E-state index is 0.0108. The first kappa shape index (κ1) is 40.4. The Kier molecular flexibility index (Phi) is 10.6.